The number of imide groups is 1. The van der Waals surface area contributed by atoms with Crippen molar-refractivity contribution in [2.75, 3.05) is 20.2 Å². The maximum absolute atomic E-state index is 12.7. The zero-order valence-corrected chi connectivity index (χ0v) is 16.1. The molecule has 0 saturated heterocycles. The van der Waals surface area contributed by atoms with Crippen molar-refractivity contribution in [1.29, 1.82) is 0 Å². The molecule has 0 saturated carbocycles. The summed E-state index contributed by atoms with van der Waals surface area (Å²) in [5.74, 6) is -2.80. The number of nitrogens with one attached hydrogen (secondary N) is 2. The number of hydrogen-bond acceptors (Lipinski definition) is 6. The molecule has 1 aliphatic rings. The van der Waals surface area contributed by atoms with Gasteiger partial charge in [-0.2, -0.15) is 0 Å². The van der Waals surface area contributed by atoms with Gasteiger partial charge in [0.2, 0.25) is 5.91 Å². The number of likely N-dealkylation sites (N-methyl/N-ethyl adjacent to an activating group) is 1. The van der Waals surface area contributed by atoms with Gasteiger partial charge < -0.3 is 15.4 Å². The average Bonchev–Trinajstić information content (AvgIpc) is 3.00. The summed E-state index contributed by atoms with van der Waals surface area (Å²) in [6.45, 7) is -0.696. The summed E-state index contributed by atoms with van der Waals surface area (Å²) in [4.78, 5) is 61.3. The highest BCUT2D eigenvalue weighted by Gasteiger charge is 2.36. The lowest BCUT2D eigenvalue weighted by atomic mass is 10.1. The van der Waals surface area contributed by atoms with Gasteiger partial charge in [-0.05, 0) is 23.8 Å². The van der Waals surface area contributed by atoms with Crippen molar-refractivity contribution in [3.8, 4) is 0 Å². The number of carbonyl (C=O) groups is 5. The Morgan fingerprint density at radius 3 is 2.33 bits per heavy atom. The minimum atomic E-state index is -0.824. The molecule has 30 heavy (non-hydrogen) atoms. The van der Waals surface area contributed by atoms with Crippen molar-refractivity contribution in [3.63, 3.8) is 0 Å². The highest BCUT2D eigenvalue weighted by molar-refractivity contribution is 6.21. The fraction of sp³-hybridized carbons (Fsp3) is 0.190. The summed E-state index contributed by atoms with van der Waals surface area (Å²) in [5, 5.41) is 4.63. The second-order valence-electron chi connectivity index (χ2n) is 6.47. The average molecular weight is 409 g/mol. The Labute approximate surface area is 172 Å². The van der Waals surface area contributed by atoms with Crippen LogP contribution in [0.25, 0.3) is 0 Å². The SMILES string of the molecule is CNC(=O)CNC(=O)COC(=O)c1ccc2c(c1)C(=O)N(Cc1ccccc1)C2=O. The molecule has 3 rings (SSSR count). The fourth-order valence-corrected chi connectivity index (χ4v) is 2.86. The Kier molecular flexibility index (Phi) is 6.21. The summed E-state index contributed by atoms with van der Waals surface area (Å²) in [7, 11) is 1.43. The van der Waals surface area contributed by atoms with E-state index >= 15 is 0 Å². The van der Waals surface area contributed by atoms with E-state index in [2.05, 4.69) is 10.6 Å². The molecule has 2 N–H and O–H groups in total. The van der Waals surface area contributed by atoms with Crippen LogP contribution >= 0.6 is 0 Å². The smallest absolute Gasteiger partial charge is 0.338 e. The number of amides is 4. The van der Waals surface area contributed by atoms with Crippen LogP contribution in [-0.2, 0) is 20.9 Å². The summed E-state index contributed by atoms with van der Waals surface area (Å²) in [5.41, 5.74) is 1.15. The Morgan fingerprint density at radius 2 is 1.63 bits per heavy atom. The van der Waals surface area contributed by atoms with Crippen LogP contribution in [0.2, 0.25) is 0 Å². The number of benzene rings is 2. The van der Waals surface area contributed by atoms with Crippen molar-refractivity contribution in [2.24, 2.45) is 0 Å². The standard InChI is InChI=1S/C21H19N3O6/c1-22-17(25)10-23-18(26)12-30-21(29)14-7-8-15-16(9-14)20(28)24(19(15)27)11-13-5-3-2-4-6-13/h2-9H,10-12H2,1H3,(H,22,25)(H,23,26). The fourth-order valence-electron chi connectivity index (χ4n) is 2.86. The molecule has 2 aromatic carbocycles. The molecule has 0 aromatic heterocycles. The molecule has 2 aromatic rings. The van der Waals surface area contributed by atoms with E-state index in [0.717, 1.165) is 10.5 Å². The number of esters is 1. The first kappa shape index (κ1) is 20.7. The monoisotopic (exact) mass is 409 g/mol. The lowest BCUT2D eigenvalue weighted by Gasteiger charge is -2.13. The molecule has 4 amide bonds. The quantitative estimate of drug-likeness (QED) is 0.507. The van der Waals surface area contributed by atoms with E-state index in [1.807, 2.05) is 30.3 Å². The molecular weight excluding hydrogens is 390 g/mol. The zero-order valence-electron chi connectivity index (χ0n) is 16.1. The minimum Gasteiger partial charge on any atom is -0.452 e. The lowest BCUT2D eigenvalue weighted by molar-refractivity contribution is -0.127. The van der Waals surface area contributed by atoms with Crippen LogP contribution in [-0.4, -0.2) is 54.7 Å². The van der Waals surface area contributed by atoms with Gasteiger partial charge in [0.15, 0.2) is 6.61 Å². The third kappa shape index (κ3) is 4.52. The van der Waals surface area contributed by atoms with Crippen LogP contribution in [0.4, 0.5) is 0 Å². The summed E-state index contributed by atoms with van der Waals surface area (Å²) < 4.78 is 4.91. The molecule has 1 heterocycles. The molecule has 154 valence electrons. The van der Waals surface area contributed by atoms with Crippen LogP contribution in [0, 0.1) is 0 Å². The largest absolute Gasteiger partial charge is 0.452 e. The predicted octanol–water partition coefficient (Wildman–Crippen LogP) is 0.502. The predicted molar refractivity (Wildman–Crippen MR) is 104 cm³/mol. The molecule has 0 atom stereocenters. The van der Waals surface area contributed by atoms with Crippen molar-refractivity contribution < 1.29 is 28.7 Å². The van der Waals surface area contributed by atoms with Crippen molar-refractivity contribution in [3.05, 3.63) is 70.8 Å². The first-order chi connectivity index (χ1) is 14.4. The van der Waals surface area contributed by atoms with E-state index in [4.69, 9.17) is 4.74 Å². The number of rotatable bonds is 7. The number of nitrogens with zero attached hydrogens (tertiary/aromatic N) is 1. The number of carbonyl (C=O) groups excluding carboxylic acids is 5. The molecule has 0 fully saturated rings. The normalized spacial score (nSPS) is 12.4. The first-order valence-corrected chi connectivity index (χ1v) is 9.09. The molecule has 1 aliphatic heterocycles. The number of hydrogen-bond donors (Lipinski definition) is 2. The molecule has 0 spiro atoms. The van der Waals surface area contributed by atoms with E-state index in [1.54, 1.807) is 0 Å². The molecule has 0 aliphatic carbocycles. The third-order valence-electron chi connectivity index (χ3n) is 4.45. The Hall–Kier alpha value is -4.01. The zero-order chi connectivity index (χ0) is 21.7. The molecule has 9 nitrogen and oxygen atoms in total. The van der Waals surface area contributed by atoms with Crippen molar-refractivity contribution >= 4 is 29.6 Å². The van der Waals surface area contributed by atoms with Gasteiger partial charge in [0.25, 0.3) is 17.7 Å². The highest BCUT2D eigenvalue weighted by atomic mass is 16.5. The van der Waals surface area contributed by atoms with Crippen LogP contribution in [0.5, 0.6) is 0 Å². The first-order valence-electron chi connectivity index (χ1n) is 9.09. The van der Waals surface area contributed by atoms with E-state index in [0.29, 0.717) is 0 Å². The van der Waals surface area contributed by atoms with E-state index < -0.39 is 36.2 Å². The van der Waals surface area contributed by atoms with Gasteiger partial charge in [-0.3, -0.25) is 24.1 Å². The Morgan fingerprint density at radius 1 is 0.933 bits per heavy atom. The van der Waals surface area contributed by atoms with Crippen molar-refractivity contribution in [2.45, 2.75) is 6.54 Å². The van der Waals surface area contributed by atoms with Gasteiger partial charge in [-0.15, -0.1) is 0 Å². The molecule has 9 heteroatoms. The maximum Gasteiger partial charge on any atom is 0.338 e. The van der Waals surface area contributed by atoms with Gasteiger partial charge >= 0.3 is 5.97 Å². The summed E-state index contributed by atoms with van der Waals surface area (Å²) in [6, 6.07) is 13.1. The van der Waals surface area contributed by atoms with E-state index in [-0.39, 0.29) is 29.8 Å². The van der Waals surface area contributed by atoms with Crippen LogP contribution in [0.15, 0.2) is 48.5 Å². The van der Waals surface area contributed by atoms with Crippen LogP contribution in [0.3, 0.4) is 0 Å². The second-order valence-corrected chi connectivity index (χ2v) is 6.47. The molecular formula is C21H19N3O6. The van der Waals surface area contributed by atoms with Crippen LogP contribution in [0.1, 0.15) is 36.6 Å². The lowest BCUT2D eigenvalue weighted by Crippen LogP contribution is -2.37. The van der Waals surface area contributed by atoms with Crippen molar-refractivity contribution in [1.82, 2.24) is 15.5 Å². The molecule has 0 bridgehead atoms. The van der Waals surface area contributed by atoms with Gasteiger partial charge in [0.1, 0.15) is 0 Å². The van der Waals surface area contributed by atoms with E-state index in [9.17, 15) is 24.0 Å². The van der Waals surface area contributed by atoms with Gasteiger partial charge in [-0.1, -0.05) is 30.3 Å². The van der Waals surface area contributed by atoms with Gasteiger partial charge in [0, 0.05) is 7.05 Å². The highest BCUT2D eigenvalue weighted by Crippen LogP contribution is 2.26. The third-order valence-corrected chi connectivity index (χ3v) is 4.45. The van der Waals surface area contributed by atoms with Gasteiger partial charge in [-0.25, -0.2) is 4.79 Å². The molecule has 0 unspecified atom stereocenters. The topological polar surface area (TPSA) is 122 Å². The van der Waals surface area contributed by atoms with E-state index in [1.165, 1.54) is 25.2 Å². The summed E-state index contributed by atoms with van der Waals surface area (Å²) in [6.07, 6.45) is 0. The molecule has 0 radical (unpaired) electrons. The summed E-state index contributed by atoms with van der Waals surface area (Å²) >= 11 is 0. The van der Waals surface area contributed by atoms with Gasteiger partial charge in [0.05, 0.1) is 29.8 Å². The second kappa shape index (κ2) is 8.99. The van der Waals surface area contributed by atoms with Crippen LogP contribution < -0.4 is 10.6 Å². The number of fused-ring (bicyclic) bond motifs is 1. The minimum absolute atomic E-state index is 0.0376. The Balaban J connectivity index is 1.65. The maximum atomic E-state index is 12.7. The Bertz CT molecular complexity index is 1020. The number of ether oxygens (including phenoxy) is 1.